The van der Waals surface area contributed by atoms with Crippen LogP contribution in [0.25, 0.3) is 0 Å². The lowest BCUT2D eigenvalue weighted by Gasteiger charge is -2.17. The number of aromatic nitrogens is 1. The number of carbonyl (C=O) groups is 2. The first-order valence-electron chi connectivity index (χ1n) is 5.94. The molecular formula is C14H7Cl3N2O2. The van der Waals surface area contributed by atoms with Crippen LogP contribution in [0.2, 0.25) is 15.3 Å². The Morgan fingerprint density at radius 2 is 1.81 bits per heavy atom. The first-order chi connectivity index (χ1) is 9.99. The summed E-state index contributed by atoms with van der Waals surface area (Å²) in [6.07, 6.45) is 0. The standard InChI is InChI=1S/C14H7Cl3N2O2/c15-8-2-1-3-9-11(8)12(20)14(21)19(9)6-7-4-5-10(16)18-13(7)17/h1-5H,6H2. The van der Waals surface area contributed by atoms with E-state index >= 15 is 0 Å². The van der Waals surface area contributed by atoms with E-state index in [0.29, 0.717) is 11.3 Å². The van der Waals surface area contributed by atoms with Crippen molar-refractivity contribution in [3.63, 3.8) is 0 Å². The Morgan fingerprint density at radius 3 is 2.52 bits per heavy atom. The van der Waals surface area contributed by atoms with Gasteiger partial charge >= 0.3 is 0 Å². The number of ketones is 1. The van der Waals surface area contributed by atoms with Crippen molar-refractivity contribution in [2.75, 3.05) is 4.90 Å². The zero-order valence-electron chi connectivity index (χ0n) is 10.4. The summed E-state index contributed by atoms with van der Waals surface area (Å²) < 4.78 is 0. The van der Waals surface area contributed by atoms with E-state index in [2.05, 4.69) is 4.98 Å². The van der Waals surface area contributed by atoms with Gasteiger partial charge in [-0.3, -0.25) is 9.59 Å². The van der Waals surface area contributed by atoms with Gasteiger partial charge < -0.3 is 4.90 Å². The van der Waals surface area contributed by atoms with E-state index in [1.54, 1.807) is 30.3 Å². The number of anilines is 1. The number of fused-ring (bicyclic) bond motifs is 1. The molecule has 7 heteroatoms. The zero-order valence-corrected chi connectivity index (χ0v) is 12.7. The van der Waals surface area contributed by atoms with Crippen molar-refractivity contribution >= 4 is 52.2 Å². The minimum absolute atomic E-state index is 0.126. The highest BCUT2D eigenvalue weighted by atomic mass is 35.5. The average molecular weight is 342 g/mol. The maximum Gasteiger partial charge on any atom is 0.299 e. The van der Waals surface area contributed by atoms with Crippen LogP contribution in [0.1, 0.15) is 15.9 Å². The molecule has 0 radical (unpaired) electrons. The monoisotopic (exact) mass is 340 g/mol. The molecule has 4 nitrogen and oxygen atoms in total. The van der Waals surface area contributed by atoms with Crippen LogP contribution in [0.4, 0.5) is 5.69 Å². The largest absolute Gasteiger partial charge is 0.300 e. The molecule has 3 rings (SSSR count). The van der Waals surface area contributed by atoms with Gasteiger partial charge in [-0.2, -0.15) is 0 Å². The number of hydrogen-bond donors (Lipinski definition) is 0. The molecular weight excluding hydrogens is 335 g/mol. The lowest BCUT2D eigenvalue weighted by molar-refractivity contribution is -0.114. The Balaban J connectivity index is 2.03. The molecule has 21 heavy (non-hydrogen) atoms. The number of halogens is 3. The Morgan fingerprint density at radius 1 is 1.05 bits per heavy atom. The quantitative estimate of drug-likeness (QED) is 0.617. The van der Waals surface area contributed by atoms with E-state index in [0.717, 1.165) is 0 Å². The minimum atomic E-state index is -0.635. The van der Waals surface area contributed by atoms with E-state index in [1.807, 2.05) is 0 Å². The molecule has 0 unspecified atom stereocenters. The molecule has 0 saturated heterocycles. The number of rotatable bonds is 2. The van der Waals surface area contributed by atoms with Crippen LogP contribution in [-0.2, 0) is 11.3 Å². The van der Waals surface area contributed by atoms with Gasteiger partial charge in [0, 0.05) is 5.56 Å². The van der Waals surface area contributed by atoms with Gasteiger partial charge in [0.05, 0.1) is 22.8 Å². The van der Waals surface area contributed by atoms with Crippen LogP contribution >= 0.6 is 34.8 Å². The van der Waals surface area contributed by atoms with Gasteiger partial charge in [0.15, 0.2) is 0 Å². The summed E-state index contributed by atoms with van der Waals surface area (Å²) in [5, 5.41) is 0.711. The van der Waals surface area contributed by atoms with E-state index in [9.17, 15) is 9.59 Å². The Hall–Kier alpha value is -1.62. The average Bonchev–Trinajstić information content (AvgIpc) is 2.68. The second kappa shape index (κ2) is 5.30. The summed E-state index contributed by atoms with van der Waals surface area (Å²) in [6.45, 7) is 0.126. The Labute approximate surface area is 135 Å². The summed E-state index contributed by atoms with van der Waals surface area (Å²) in [7, 11) is 0. The van der Waals surface area contributed by atoms with Crippen molar-refractivity contribution in [1.29, 1.82) is 0 Å². The highest BCUT2D eigenvalue weighted by molar-refractivity contribution is 6.55. The van der Waals surface area contributed by atoms with Crippen molar-refractivity contribution < 1.29 is 9.59 Å². The molecule has 1 amide bonds. The summed E-state index contributed by atoms with van der Waals surface area (Å²) in [5.74, 6) is -1.25. The van der Waals surface area contributed by atoms with Crippen molar-refractivity contribution in [3.8, 4) is 0 Å². The summed E-state index contributed by atoms with van der Waals surface area (Å²) in [4.78, 5) is 29.4. The molecule has 0 bridgehead atoms. The number of benzene rings is 1. The van der Waals surface area contributed by atoms with Gasteiger partial charge in [-0.25, -0.2) is 4.98 Å². The molecule has 1 aromatic carbocycles. The third kappa shape index (κ3) is 2.39. The molecule has 0 spiro atoms. The molecule has 0 aliphatic carbocycles. The van der Waals surface area contributed by atoms with Crippen molar-refractivity contribution in [2.45, 2.75) is 6.54 Å². The molecule has 0 N–H and O–H groups in total. The topological polar surface area (TPSA) is 50.3 Å². The van der Waals surface area contributed by atoms with Gasteiger partial charge in [-0.1, -0.05) is 46.9 Å². The number of nitrogens with zero attached hydrogens (tertiary/aromatic N) is 2. The molecule has 1 aliphatic rings. The van der Waals surface area contributed by atoms with Gasteiger partial charge in [0.1, 0.15) is 10.3 Å². The molecule has 1 aliphatic heterocycles. The molecule has 0 fully saturated rings. The SMILES string of the molecule is O=C1C(=O)N(Cc2ccc(Cl)nc2Cl)c2cccc(Cl)c21. The smallest absolute Gasteiger partial charge is 0.299 e. The maximum atomic E-state index is 12.1. The van der Waals surface area contributed by atoms with Crippen molar-refractivity contribution in [1.82, 2.24) is 4.98 Å². The predicted octanol–water partition coefficient (Wildman–Crippen LogP) is 3.77. The van der Waals surface area contributed by atoms with E-state index in [4.69, 9.17) is 34.8 Å². The van der Waals surface area contributed by atoms with Crippen LogP contribution in [0.15, 0.2) is 30.3 Å². The lowest BCUT2D eigenvalue weighted by Crippen LogP contribution is -2.29. The molecule has 0 atom stereocenters. The number of hydrogen-bond acceptors (Lipinski definition) is 3. The van der Waals surface area contributed by atoms with Crippen LogP contribution in [0.3, 0.4) is 0 Å². The van der Waals surface area contributed by atoms with E-state index in [1.165, 1.54) is 4.90 Å². The van der Waals surface area contributed by atoms with Crippen LogP contribution < -0.4 is 4.90 Å². The maximum absolute atomic E-state index is 12.1. The summed E-state index contributed by atoms with van der Waals surface area (Å²) in [5.41, 5.74) is 1.29. The predicted molar refractivity (Wildman–Crippen MR) is 81.2 cm³/mol. The second-order valence-electron chi connectivity index (χ2n) is 4.44. The fourth-order valence-electron chi connectivity index (χ4n) is 2.19. The first kappa shape index (κ1) is 14.3. The Kier molecular flexibility index (Phi) is 3.61. The number of carbonyl (C=O) groups excluding carboxylic acids is 2. The normalized spacial score (nSPS) is 13.8. The molecule has 2 aromatic rings. The van der Waals surface area contributed by atoms with Gasteiger partial charge in [0.25, 0.3) is 11.7 Å². The second-order valence-corrected chi connectivity index (χ2v) is 5.59. The fraction of sp³-hybridized carbons (Fsp3) is 0.0714. The zero-order chi connectivity index (χ0) is 15.1. The van der Waals surface area contributed by atoms with Crippen molar-refractivity contribution in [3.05, 3.63) is 56.8 Å². The number of Topliss-reactive ketones (excluding diaryl/α,β-unsaturated/α-hetero) is 1. The Bertz CT molecular complexity index is 777. The van der Waals surface area contributed by atoms with Crippen LogP contribution in [0.5, 0.6) is 0 Å². The van der Waals surface area contributed by atoms with Gasteiger partial charge in [-0.15, -0.1) is 0 Å². The first-order valence-corrected chi connectivity index (χ1v) is 7.08. The molecule has 0 saturated carbocycles. The molecule has 1 aromatic heterocycles. The van der Waals surface area contributed by atoms with Crippen molar-refractivity contribution in [2.24, 2.45) is 0 Å². The highest BCUT2D eigenvalue weighted by Crippen LogP contribution is 2.35. The van der Waals surface area contributed by atoms with Gasteiger partial charge in [0.2, 0.25) is 0 Å². The third-order valence-corrected chi connectivity index (χ3v) is 4.02. The fourth-order valence-corrected chi connectivity index (χ4v) is 2.85. The van der Waals surface area contributed by atoms with E-state index < -0.39 is 11.7 Å². The van der Waals surface area contributed by atoms with Gasteiger partial charge in [-0.05, 0) is 18.2 Å². The number of amides is 1. The summed E-state index contributed by atoms with van der Waals surface area (Å²) >= 11 is 17.7. The minimum Gasteiger partial charge on any atom is -0.300 e. The summed E-state index contributed by atoms with van der Waals surface area (Å²) in [6, 6.07) is 8.16. The van der Waals surface area contributed by atoms with Crippen LogP contribution in [0, 0.1) is 0 Å². The highest BCUT2D eigenvalue weighted by Gasteiger charge is 2.37. The third-order valence-electron chi connectivity index (χ3n) is 3.17. The molecule has 106 valence electrons. The lowest BCUT2D eigenvalue weighted by atomic mass is 10.1. The molecule has 2 heterocycles. The number of pyridine rings is 1. The van der Waals surface area contributed by atoms with E-state index in [-0.39, 0.29) is 27.4 Å². The van der Waals surface area contributed by atoms with Crippen LogP contribution in [-0.4, -0.2) is 16.7 Å².